The second-order valence-corrected chi connectivity index (χ2v) is 3.65. The third kappa shape index (κ3) is 3.98. The molecule has 0 saturated carbocycles. The molecule has 0 unspecified atom stereocenters. The molecule has 1 aromatic carbocycles. The van der Waals surface area contributed by atoms with Crippen LogP contribution in [0.15, 0.2) is 24.3 Å². The van der Waals surface area contributed by atoms with E-state index in [1.54, 1.807) is 7.11 Å². The van der Waals surface area contributed by atoms with Crippen molar-refractivity contribution in [3.63, 3.8) is 0 Å². The summed E-state index contributed by atoms with van der Waals surface area (Å²) in [7, 11) is 3.56. The molecule has 4 heteroatoms. The lowest BCUT2D eigenvalue weighted by Gasteiger charge is -2.21. The zero-order valence-electron chi connectivity index (χ0n) is 10.6. The summed E-state index contributed by atoms with van der Waals surface area (Å²) in [5.74, 6) is 0.633. The van der Waals surface area contributed by atoms with Crippen molar-refractivity contribution in [2.75, 3.05) is 32.2 Å². The van der Waals surface area contributed by atoms with Gasteiger partial charge in [-0.3, -0.25) is 4.79 Å². The SMILES string of the molecule is CCOC(=O)CCN(C)c1ccccc1OC. The second-order valence-electron chi connectivity index (χ2n) is 3.65. The van der Waals surface area contributed by atoms with E-state index in [1.165, 1.54) is 0 Å². The maximum absolute atomic E-state index is 11.3. The number of nitrogens with zero attached hydrogens (tertiary/aromatic N) is 1. The summed E-state index contributed by atoms with van der Waals surface area (Å²) in [5, 5.41) is 0. The van der Waals surface area contributed by atoms with Crippen molar-refractivity contribution < 1.29 is 14.3 Å². The summed E-state index contributed by atoms with van der Waals surface area (Å²) < 4.78 is 10.2. The Bertz CT molecular complexity index is 365. The van der Waals surface area contributed by atoms with Gasteiger partial charge >= 0.3 is 5.97 Å². The van der Waals surface area contributed by atoms with Gasteiger partial charge in [-0.05, 0) is 19.1 Å². The molecular weight excluding hydrogens is 218 g/mol. The third-order valence-corrected chi connectivity index (χ3v) is 2.45. The van der Waals surface area contributed by atoms with E-state index in [0.29, 0.717) is 19.6 Å². The van der Waals surface area contributed by atoms with Crippen molar-refractivity contribution in [3.8, 4) is 5.75 Å². The fourth-order valence-corrected chi connectivity index (χ4v) is 1.56. The lowest BCUT2D eigenvalue weighted by atomic mass is 10.2. The van der Waals surface area contributed by atoms with Crippen molar-refractivity contribution in [1.29, 1.82) is 0 Å². The van der Waals surface area contributed by atoms with Gasteiger partial charge in [0.05, 0.1) is 25.8 Å². The number of esters is 1. The molecule has 0 aliphatic carbocycles. The van der Waals surface area contributed by atoms with Crippen LogP contribution in [0.1, 0.15) is 13.3 Å². The zero-order valence-corrected chi connectivity index (χ0v) is 10.6. The van der Waals surface area contributed by atoms with Crippen molar-refractivity contribution in [2.45, 2.75) is 13.3 Å². The monoisotopic (exact) mass is 237 g/mol. The molecule has 0 aromatic heterocycles. The van der Waals surface area contributed by atoms with E-state index in [0.717, 1.165) is 11.4 Å². The first kappa shape index (κ1) is 13.4. The molecule has 0 N–H and O–H groups in total. The van der Waals surface area contributed by atoms with E-state index in [1.807, 2.05) is 43.1 Å². The smallest absolute Gasteiger partial charge is 0.307 e. The van der Waals surface area contributed by atoms with Crippen LogP contribution in [-0.4, -0.2) is 33.3 Å². The second kappa shape index (κ2) is 6.78. The summed E-state index contributed by atoms with van der Waals surface area (Å²) >= 11 is 0. The lowest BCUT2D eigenvalue weighted by Crippen LogP contribution is -2.22. The molecule has 0 spiro atoms. The molecule has 0 amide bonds. The molecule has 0 atom stereocenters. The Morgan fingerprint density at radius 1 is 1.35 bits per heavy atom. The predicted molar refractivity (Wildman–Crippen MR) is 67.5 cm³/mol. The average molecular weight is 237 g/mol. The van der Waals surface area contributed by atoms with Gasteiger partial charge in [-0.1, -0.05) is 12.1 Å². The number of hydrogen-bond donors (Lipinski definition) is 0. The highest BCUT2D eigenvalue weighted by Gasteiger charge is 2.09. The number of anilines is 1. The van der Waals surface area contributed by atoms with Crippen molar-refractivity contribution >= 4 is 11.7 Å². The van der Waals surface area contributed by atoms with E-state index >= 15 is 0 Å². The standard InChI is InChI=1S/C13H19NO3/c1-4-17-13(15)9-10-14(2)11-7-5-6-8-12(11)16-3/h5-8H,4,9-10H2,1-3H3. The Morgan fingerprint density at radius 2 is 2.06 bits per heavy atom. The Kier molecular flexibility index (Phi) is 5.33. The van der Waals surface area contributed by atoms with Crippen LogP contribution in [0, 0.1) is 0 Å². The summed E-state index contributed by atoms with van der Waals surface area (Å²) in [6.45, 7) is 2.85. The zero-order chi connectivity index (χ0) is 12.7. The lowest BCUT2D eigenvalue weighted by molar-refractivity contribution is -0.142. The molecule has 0 fully saturated rings. The van der Waals surface area contributed by atoms with Crippen LogP contribution in [0.25, 0.3) is 0 Å². The normalized spacial score (nSPS) is 9.82. The topological polar surface area (TPSA) is 38.8 Å². The molecule has 1 aromatic rings. The first-order valence-corrected chi connectivity index (χ1v) is 5.68. The fraction of sp³-hybridized carbons (Fsp3) is 0.462. The van der Waals surface area contributed by atoms with Crippen LogP contribution in [0.4, 0.5) is 5.69 Å². The first-order chi connectivity index (χ1) is 8.19. The highest BCUT2D eigenvalue weighted by atomic mass is 16.5. The summed E-state index contributed by atoms with van der Waals surface area (Å²) in [4.78, 5) is 13.2. The predicted octanol–water partition coefficient (Wildman–Crippen LogP) is 2.08. The van der Waals surface area contributed by atoms with Crippen LogP contribution in [0.2, 0.25) is 0 Å². The summed E-state index contributed by atoms with van der Waals surface area (Å²) in [5.41, 5.74) is 0.972. The van der Waals surface area contributed by atoms with Gasteiger partial charge < -0.3 is 14.4 Å². The number of benzene rings is 1. The van der Waals surface area contributed by atoms with Crippen LogP contribution in [0.3, 0.4) is 0 Å². The molecule has 0 aliphatic rings. The first-order valence-electron chi connectivity index (χ1n) is 5.68. The molecule has 17 heavy (non-hydrogen) atoms. The molecule has 0 aliphatic heterocycles. The quantitative estimate of drug-likeness (QED) is 0.710. The van der Waals surface area contributed by atoms with E-state index < -0.39 is 0 Å². The van der Waals surface area contributed by atoms with Crippen LogP contribution in [0.5, 0.6) is 5.75 Å². The van der Waals surface area contributed by atoms with E-state index in [4.69, 9.17) is 9.47 Å². The van der Waals surface area contributed by atoms with Crippen molar-refractivity contribution in [1.82, 2.24) is 0 Å². The summed E-state index contributed by atoms with van der Waals surface area (Å²) in [6, 6.07) is 7.72. The van der Waals surface area contributed by atoms with E-state index in [-0.39, 0.29) is 5.97 Å². The van der Waals surface area contributed by atoms with Gasteiger partial charge in [0, 0.05) is 13.6 Å². The van der Waals surface area contributed by atoms with Crippen LogP contribution < -0.4 is 9.64 Å². The Morgan fingerprint density at radius 3 is 2.71 bits per heavy atom. The highest BCUT2D eigenvalue weighted by Crippen LogP contribution is 2.26. The fourth-order valence-electron chi connectivity index (χ4n) is 1.56. The Hall–Kier alpha value is -1.71. The number of carbonyl (C=O) groups is 1. The number of rotatable bonds is 6. The van der Waals surface area contributed by atoms with Gasteiger partial charge in [0.15, 0.2) is 0 Å². The maximum Gasteiger partial charge on any atom is 0.307 e. The van der Waals surface area contributed by atoms with Gasteiger partial charge in [-0.2, -0.15) is 0 Å². The molecule has 4 nitrogen and oxygen atoms in total. The molecule has 0 heterocycles. The molecule has 1 rings (SSSR count). The molecule has 0 bridgehead atoms. The van der Waals surface area contributed by atoms with Crippen LogP contribution >= 0.6 is 0 Å². The van der Waals surface area contributed by atoms with E-state index in [2.05, 4.69) is 0 Å². The third-order valence-electron chi connectivity index (χ3n) is 2.45. The minimum Gasteiger partial charge on any atom is -0.495 e. The molecule has 94 valence electrons. The van der Waals surface area contributed by atoms with Gasteiger partial charge in [-0.25, -0.2) is 0 Å². The van der Waals surface area contributed by atoms with Gasteiger partial charge in [0.25, 0.3) is 0 Å². The number of carbonyl (C=O) groups excluding carboxylic acids is 1. The minimum atomic E-state index is -0.172. The maximum atomic E-state index is 11.3. The Balaban J connectivity index is 2.57. The largest absolute Gasteiger partial charge is 0.495 e. The molecule has 0 radical (unpaired) electrons. The molecule has 0 saturated heterocycles. The van der Waals surface area contributed by atoms with Gasteiger partial charge in [0.1, 0.15) is 5.75 Å². The number of para-hydroxylation sites is 2. The number of methoxy groups -OCH3 is 1. The van der Waals surface area contributed by atoms with Gasteiger partial charge in [-0.15, -0.1) is 0 Å². The number of hydrogen-bond acceptors (Lipinski definition) is 4. The Labute approximate surface area is 102 Å². The highest BCUT2D eigenvalue weighted by molar-refractivity contribution is 5.70. The number of ether oxygens (including phenoxy) is 2. The van der Waals surface area contributed by atoms with Crippen LogP contribution in [-0.2, 0) is 9.53 Å². The summed E-state index contributed by atoms with van der Waals surface area (Å²) in [6.07, 6.45) is 0.377. The van der Waals surface area contributed by atoms with E-state index in [9.17, 15) is 4.79 Å². The van der Waals surface area contributed by atoms with Crippen molar-refractivity contribution in [2.24, 2.45) is 0 Å². The molecular formula is C13H19NO3. The van der Waals surface area contributed by atoms with Crippen molar-refractivity contribution in [3.05, 3.63) is 24.3 Å². The average Bonchev–Trinajstić information content (AvgIpc) is 2.36. The van der Waals surface area contributed by atoms with Gasteiger partial charge in [0.2, 0.25) is 0 Å². The minimum absolute atomic E-state index is 0.172.